The van der Waals surface area contributed by atoms with Crippen LogP contribution in [0.5, 0.6) is 5.75 Å². The highest BCUT2D eigenvalue weighted by Crippen LogP contribution is 2.21. The van der Waals surface area contributed by atoms with Crippen LogP contribution in [0.25, 0.3) is 0 Å². The number of hydrogen-bond acceptors (Lipinski definition) is 5. The summed E-state index contributed by atoms with van der Waals surface area (Å²) in [5, 5.41) is 3.37. The molecule has 0 saturated carbocycles. The molecule has 1 aromatic carbocycles. The van der Waals surface area contributed by atoms with Crippen molar-refractivity contribution in [3.8, 4) is 5.75 Å². The zero-order chi connectivity index (χ0) is 14.5. The van der Waals surface area contributed by atoms with Crippen LogP contribution in [-0.4, -0.2) is 31.2 Å². The van der Waals surface area contributed by atoms with Crippen molar-refractivity contribution < 1.29 is 4.74 Å². The van der Waals surface area contributed by atoms with E-state index in [0.29, 0.717) is 5.95 Å². The van der Waals surface area contributed by atoms with Gasteiger partial charge in [-0.2, -0.15) is 4.98 Å². The van der Waals surface area contributed by atoms with Crippen LogP contribution in [0, 0.1) is 0 Å². The van der Waals surface area contributed by atoms with Gasteiger partial charge in [-0.1, -0.05) is 12.1 Å². The van der Waals surface area contributed by atoms with Crippen molar-refractivity contribution in [2.75, 3.05) is 31.4 Å². The van der Waals surface area contributed by atoms with Crippen molar-refractivity contribution in [1.82, 2.24) is 9.97 Å². The van der Waals surface area contributed by atoms with E-state index in [2.05, 4.69) is 22.2 Å². The number of anilines is 2. The fourth-order valence-corrected chi connectivity index (χ4v) is 1.84. The molecule has 0 aliphatic rings. The van der Waals surface area contributed by atoms with E-state index in [9.17, 15) is 0 Å². The van der Waals surface area contributed by atoms with Crippen molar-refractivity contribution in [3.05, 3.63) is 42.1 Å². The molecule has 0 fully saturated rings. The maximum Gasteiger partial charge on any atom is 0.226 e. The Bertz CT molecular complexity index is 554. The summed E-state index contributed by atoms with van der Waals surface area (Å²) in [6.45, 7) is 2.10. The molecule has 1 heterocycles. The van der Waals surface area contributed by atoms with Crippen molar-refractivity contribution in [1.29, 1.82) is 0 Å². The van der Waals surface area contributed by atoms with Crippen molar-refractivity contribution in [3.63, 3.8) is 0 Å². The zero-order valence-electron chi connectivity index (χ0n) is 12.3. The summed E-state index contributed by atoms with van der Waals surface area (Å²) in [5.74, 6) is 2.36. The lowest BCUT2D eigenvalue weighted by Crippen LogP contribution is -2.14. The molecule has 0 aliphatic heterocycles. The van der Waals surface area contributed by atoms with Gasteiger partial charge in [0.25, 0.3) is 0 Å². The number of hydrogen-bond donors (Lipinski definition) is 1. The summed E-state index contributed by atoms with van der Waals surface area (Å²) in [6.07, 6.45) is 1.76. The van der Waals surface area contributed by atoms with E-state index in [-0.39, 0.29) is 6.04 Å². The van der Waals surface area contributed by atoms with Gasteiger partial charge < -0.3 is 15.0 Å². The first kappa shape index (κ1) is 14.1. The number of nitrogens with zero attached hydrogens (tertiary/aromatic N) is 3. The molecule has 1 aromatic heterocycles. The van der Waals surface area contributed by atoms with E-state index in [1.54, 1.807) is 13.3 Å². The van der Waals surface area contributed by atoms with Crippen molar-refractivity contribution in [2.45, 2.75) is 13.0 Å². The fraction of sp³-hybridized carbons (Fsp3) is 0.333. The van der Waals surface area contributed by atoms with E-state index >= 15 is 0 Å². The Morgan fingerprint density at radius 2 is 1.85 bits per heavy atom. The molecular weight excluding hydrogens is 252 g/mol. The highest BCUT2D eigenvalue weighted by molar-refractivity contribution is 5.43. The molecule has 2 aromatic rings. The molecule has 1 atom stereocenters. The molecule has 0 amide bonds. The van der Waals surface area contributed by atoms with Crippen molar-refractivity contribution >= 4 is 11.8 Å². The second kappa shape index (κ2) is 6.23. The second-order valence-electron chi connectivity index (χ2n) is 4.78. The summed E-state index contributed by atoms with van der Waals surface area (Å²) in [6, 6.07) is 10.0. The predicted octanol–water partition coefficient (Wildman–Crippen LogP) is 2.72. The summed E-state index contributed by atoms with van der Waals surface area (Å²) < 4.78 is 5.16. The first-order chi connectivity index (χ1) is 9.60. The van der Waals surface area contributed by atoms with Gasteiger partial charge in [0, 0.05) is 26.3 Å². The number of ether oxygens (including phenoxy) is 1. The summed E-state index contributed by atoms with van der Waals surface area (Å²) in [4.78, 5) is 10.5. The third-order valence-electron chi connectivity index (χ3n) is 3.02. The lowest BCUT2D eigenvalue weighted by atomic mass is 10.1. The molecule has 5 heteroatoms. The van der Waals surface area contributed by atoms with Gasteiger partial charge in [-0.05, 0) is 30.7 Å². The summed E-state index contributed by atoms with van der Waals surface area (Å²) >= 11 is 0. The van der Waals surface area contributed by atoms with Crippen LogP contribution in [0.2, 0.25) is 0 Å². The third kappa shape index (κ3) is 3.38. The summed E-state index contributed by atoms with van der Waals surface area (Å²) in [5.41, 5.74) is 1.18. The predicted molar refractivity (Wildman–Crippen MR) is 81.4 cm³/mol. The monoisotopic (exact) mass is 272 g/mol. The molecule has 2 rings (SSSR count). The van der Waals surface area contributed by atoms with Crippen LogP contribution >= 0.6 is 0 Å². The van der Waals surface area contributed by atoms with Crippen LogP contribution in [0.3, 0.4) is 0 Å². The van der Waals surface area contributed by atoms with Crippen LogP contribution in [0.4, 0.5) is 11.8 Å². The molecule has 106 valence electrons. The lowest BCUT2D eigenvalue weighted by molar-refractivity contribution is 0.414. The van der Waals surface area contributed by atoms with E-state index in [4.69, 9.17) is 4.74 Å². The SMILES string of the molecule is COc1ccc(C(C)Nc2ccnc(N(C)C)n2)cc1. The third-order valence-corrected chi connectivity index (χ3v) is 3.02. The Labute approximate surface area is 119 Å². The number of rotatable bonds is 5. The van der Waals surface area contributed by atoms with Crippen LogP contribution in [0.15, 0.2) is 36.5 Å². The number of aromatic nitrogens is 2. The van der Waals surface area contributed by atoms with Gasteiger partial charge in [0.1, 0.15) is 11.6 Å². The molecule has 1 N–H and O–H groups in total. The van der Waals surface area contributed by atoms with Gasteiger partial charge in [-0.25, -0.2) is 4.98 Å². The highest BCUT2D eigenvalue weighted by atomic mass is 16.5. The lowest BCUT2D eigenvalue weighted by Gasteiger charge is -2.17. The normalized spacial score (nSPS) is 11.8. The fourth-order valence-electron chi connectivity index (χ4n) is 1.84. The Morgan fingerprint density at radius 1 is 1.15 bits per heavy atom. The minimum atomic E-state index is 0.158. The molecule has 5 nitrogen and oxygen atoms in total. The molecule has 0 bridgehead atoms. The maximum atomic E-state index is 5.16. The standard InChI is InChI=1S/C15H20N4O/c1-11(12-5-7-13(20-4)8-6-12)17-14-9-10-16-15(18-14)19(2)3/h5-11H,1-4H3,(H,16,17,18). The average molecular weight is 272 g/mol. The highest BCUT2D eigenvalue weighted by Gasteiger charge is 2.07. The number of nitrogens with one attached hydrogen (secondary N) is 1. The molecular formula is C15H20N4O. The van der Waals surface area contributed by atoms with E-state index in [0.717, 1.165) is 11.6 Å². The van der Waals surface area contributed by atoms with Crippen molar-refractivity contribution in [2.24, 2.45) is 0 Å². The molecule has 20 heavy (non-hydrogen) atoms. The molecule has 0 spiro atoms. The quantitative estimate of drug-likeness (QED) is 0.907. The Balaban J connectivity index is 2.10. The van der Waals surface area contributed by atoms with E-state index < -0.39 is 0 Å². The topological polar surface area (TPSA) is 50.3 Å². The zero-order valence-corrected chi connectivity index (χ0v) is 12.3. The molecule has 0 radical (unpaired) electrons. The van der Waals surface area contributed by atoms with E-state index in [1.807, 2.05) is 49.3 Å². The maximum absolute atomic E-state index is 5.16. The van der Waals surface area contributed by atoms with Gasteiger partial charge in [0.2, 0.25) is 5.95 Å². The second-order valence-corrected chi connectivity index (χ2v) is 4.78. The minimum absolute atomic E-state index is 0.158. The Kier molecular flexibility index (Phi) is 4.40. The van der Waals surface area contributed by atoms with Crippen LogP contribution in [0.1, 0.15) is 18.5 Å². The molecule has 0 saturated heterocycles. The molecule has 1 unspecified atom stereocenters. The Morgan fingerprint density at radius 3 is 2.45 bits per heavy atom. The van der Waals surface area contributed by atoms with E-state index in [1.165, 1.54) is 5.56 Å². The van der Waals surface area contributed by atoms with Gasteiger partial charge in [0.05, 0.1) is 7.11 Å². The van der Waals surface area contributed by atoms with Gasteiger partial charge in [0.15, 0.2) is 0 Å². The smallest absolute Gasteiger partial charge is 0.226 e. The summed E-state index contributed by atoms with van der Waals surface area (Å²) in [7, 11) is 5.51. The van der Waals surface area contributed by atoms with Gasteiger partial charge >= 0.3 is 0 Å². The average Bonchev–Trinajstić information content (AvgIpc) is 2.47. The first-order valence-corrected chi connectivity index (χ1v) is 6.51. The van der Waals surface area contributed by atoms with Crippen LogP contribution < -0.4 is 15.0 Å². The van der Waals surface area contributed by atoms with Crippen LogP contribution in [-0.2, 0) is 0 Å². The Hall–Kier alpha value is -2.30. The van der Waals surface area contributed by atoms with Gasteiger partial charge in [-0.15, -0.1) is 0 Å². The largest absolute Gasteiger partial charge is 0.497 e. The molecule has 0 aliphatic carbocycles. The minimum Gasteiger partial charge on any atom is -0.497 e. The number of benzene rings is 1. The van der Waals surface area contributed by atoms with Gasteiger partial charge in [-0.3, -0.25) is 0 Å². The number of methoxy groups -OCH3 is 1. The first-order valence-electron chi connectivity index (χ1n) is 6.51.